The van der Waals surface area contributed by atoms with Crippen LogP contribution in [0.2, 0.25) is 0 Å². The van der Waals surface area contributed by atoms with Crippen LogP contribution in [0.15, 0.2) is 47.4 Å². The standard InChI is InChI=1S/C23H31N3O7S/c1-23(22(29)24-30,34(2,31)32)9-12-26-11-8-18(14-21(26)28)17-4-6-20(7-5-17)33-13-3-10-25-15-19(27)16-25/h4-8,11,14,19,27,30H,3,9-10,12-13,15-16H2,1-2H3,(H,24,29). The van der Waals surface area contributed by atoms with E-state index < -0.39 is 20.5 Å². The Labute approximate surface area is 198 Å². The molecule has 1 fully saturated rings. The number of sulfone groups is 1. The maximum atomic E-state index is 12.6. The molecule has 1 aliphatic rings. The van der Waals surface area contributed by atoms with E-state index in [-0.39, 0.29) is 24.6 Å². The minimum atomic E-state index is -3.84. The summed E-state index contributed by atoms with van der Waals surface area (Å²) in [6.45, 7) is 4.11. The number of nitrogens with one attached hydrogen (secondary N) is 1. The molecule has 0 aliphatic carbocycles. The number of ether oxygens (including phenoxy) is 1. The molecule has 3 rings (SSSR count). The lowest BCUT2D eigenvalue weighted by molar-refractivity contribution is -0.131. The molecule has 1 aliphatic heterocycles. The quantitative estimate of drug-likeness (QED) is 0.236. The summed E-state index contributed by atoms with van der Waals surface area (Å²) in [5.41, 5.74) is 2.58. The number of pyridine rings is 1. The number of aryl methyl sites for hydroxylation is 1. The van der Waals surface area contributed by atoms with E-state index in [0.29, 0.717) is 12.2 Å². The highest BCUT2D eigenvalue weighted by atomic mass is 32.2. The normalized spacial score (nSPS) is 16.5. The van der Waals surface area contributed by atoms with Crippen molar-refractivity contribution >= 4 is 15.7 Å². The van der Waals surface area contributed by atoms with Crippen molar-refractivity contribution in [3.8, 4) is 16.9 Å². The van der Waals surface area contributed by atoms with Gasteiger partial charge in [0.05, 0.1) is 12.7 Å². The van der Waals surface area contributed by atoms with Gasteiger partial charge in [0, 0.05) is 44.7 Å². The Morgan fingerprint density at radius 3 is 2.41 bits per heavy atom. The lowest BCUT2D eigenvalue weighted by Gasteiger charge is -2.35. The molecule has 34 heavy (non-hydrogen) atoms. The van der Waals surface area contributed by atoms with Crippen molar-refractivity contribution < 1.29 is 28.3 Å². The molecule has 1 saturated heterocycles. The number of aromatic nitrogens is 1. The van der Waals surface area contributed by atoms with E-state index in [1.165, 1.54) is 23.0 Å². The molecule has 186 valence electrons. The van der Waals surface area contributed by atoms with Crippen molar-refractivity contribution in [3.63, 3.8) is 0 Å². The molecule has 1 unspecified atom stereocenters. The van der Waals surface area contributed by atoms with Gasteiger partial charge in [-0.2, -0.15) is 0 Å². The van der Waals surface area contributed by atoms with Crippen LogP contribution in [0.1, 0.15) is 19.8 Å². The summed E-state index contributed by atoms with van der Waals surface area (Å²) in [5, 5.41) is 18.2. The summed E-state index contributed by atoms with van der Waals surface area (Å²) in [4.78, 5) is 26.7. The third-order valence-electron chi connectivity index (χ3n) is 6.24. The van der Waals surface area contributed by atoms with Gasteiger partial charge in [-0.05, 0) is 49.1 Å². The molecule has 0 saturated carbocycles. The number of carbonyl (C=O) groups excluding carboxylic acids is 1. The Bertz CT molecular complexity index is 1160. The Morgan fingerprint density at radius 1 is 1.18 bits per heavy atom. The molecule has 0 bridgehead atoms. The van der Waals surface area contributed by atoms with E-state index in [1.54, 1.807) is 12.3 Å². The summed E-state index contributed by atoms with van der Waals surface area (Å²) in [7, 11) is -3.84. The van der Waals surface area contributed by atoms with Crippen LogP contribution in [0.4, 0.5) is 0 Å². The molecule has 2 heterocycles. The maximum Gasteiger partial charge on any atom is 0.264 e. The van der Waals surface area contributed by atoms with Gasteiger partial charge in [0.15, 0.2) is 14.6 Å². The number of hydrogen-bond donors (Lipinski definition) is 3. The molecule has 11 heteroatoms. The van der Waals surface area contributed by atoms with Gasteiger partial charge in [-0.25, -0.2) is 13.9 Å². The summed E-state index contributed by atoms with van der Waals surface area (Å²) in [5.74, 6) is -0.315. The number of carbonyl (C=O) groups is 1. The van der Waals surface area contributed by atoms with Gasteiger partial charge in [0.1, 0.15) is 5.75 Å². The molecule has 1 aromatic carbocycles. The number of aliphatic hydroxyl groups is 1. The number of aliphatic hydroxyl groups excluding tert-OH is 1. The largest absolute Gasteiger partial charge is 0.494 e. The number of likely N-dealkylation sites (tertiary alicyclic amines) is 1. The zero-order valence-electron chi connectivity index (χ0n) is 19.3. The first kappa shape index (κ1) is 25.9. The molecule has 1 amide bonds. The minimum absolute atomic E-state index is 0.0146. The monoisotopic (exact) mass is 493 g/mol. The highest BCUT2D eigenvalue weighted by Gasteiger charge is 2.43. The molecular weight excluding hydrogens is 462 g/mol. The topological polar surface area (TPSA) is 138 Å². The van der Waals surface area contributed by atoms with Gasteiger partial charge < -0.3 is 14.4 Å². The predicted molar refractivity (Wildman–Crippen MR) is 126 cm³/mol. The number of β-amino-alcohol motifs (C(OH)–C–C–N with tert-alkyl or cyclic N) is 1. The van der Waals surface area contributed by atoms with E-state index >= 15 is 0 Å². The van der Waals surface area contributed by atoms with Crippen molar-refractivity contribution in [1.82, 2.24) is 14.9 Å². The molecule has 0 radical (unpaired) electrons. The van der Waals surface area contributed by atoms with Crippen LogP contribution < -0.4 is 15.8 Å². The van der Waals surface area contributed by atoms with Crippen molar-refractivity contribution in [2.45, 2.75) is 37.2 Å². The van der Waals surface area contributed by atoms with Crippen molar-refractivity contribution in [3.05, 3.63) is 52.9 Å². The average Bonchev–Trinajstić information content (AvgIpc) is 2.78. The lowest BCUT2D eigenvalue weighted by atomic mass is 10.1. The smallest absolute Gasteiger partial charge is 0.264 e. The highest BCUT2D eigenvalue weighted by molar-refractivity contribution is 7.92. The van der Waals surface area contributed by atoms with E-state index in [9.17, 15) is 23.1 Å². The first-order chi connectivity index (χ1) is 16.0. The molecule has 2 aromatic rings. The maximum absolute atomic E-state index is 12.6. The van der Waals surface area contributed by atoms with Crippen molar-refractivity contribution in [2.24, 2.45) is 0 Å². The number of amides is 1. The van der Waals surface area contributed by atoms with Gasteiger partial charge in [-0.1, -0.05) is 12.1 Å². The summed E-state index contributed by atoms with van der Waals surface area (Å²) in [6.07, 6.45) is 2.95. The number of rotatable bonds is 11. The number of benzene rings is 1. The Balaban J connectivity index is 1.58. The number of hydroxylamine groups is 1. The fourth-order valence-corrected chi connectivity index (χ4v) is 4.58. The lowest BCUT2D eigenvalue weighted by Crippen LogP contribution is -2.50. The number of hydrogen-bond acceptors (Lipinski definition) is 8. The zero-order chi connectivity index (χ0) is 24.9. The first-order valence-electron chi connectivity index (χ1n) is 11.0. The van der Waals surface area contributed by atoms with E-state index in [0.717, 1.165) is 43.6 Å². The van der Waals surface area contributed by atoms with Gasteiger partial charge in [0.2, 0.25) is 0 Å². The second-order valence-corrected chi connectivity index (χ2v) is 11.2. The van der Waals surface area contributed by atoms with Gasteiger partial charge in [0.25, 0.3) is 11.5 Å². The summed E-state index contributed by atoms with van der Waals surface area (Å²) in [6, 6.07) is 10.6. The second kappa shape index (κ2) is 10.7. The van der Waals surface area contributed by atoms with Crippen LogP contribution in [-0.2, 0) is 21.2 Å². The minimum Gasteiger partial charge on any atom is -0.494 e. The molecule has 3 N–H and O–H groups in total. The third-order valence-corrected chi connectivity index (χ3v) is 8.27. The van der Waals surface area contributed by atoms with Gasteiger partial charge in [-0.15, -0.1) is 0 Å². The van der Waals surface area contributed by atoms with Crippen LogP contribution in [0.3, 0.4) is 0 Å². The van der Waals surface area contributed by atoms with Crippen LogP contribution in [0.25, 0.3) is 11.1 Å². The molecule has 1 atom stereocenters. The van der Waals surface area contributed by atoms with E-state index in [4.69, 9.17) is 9.94 Å². The fraction of sp³-hybridized carbons (Fsp3) is 0.478. The van der Waals surface area contributed by atoms with Crippen LogP contribution in [0.5, 0.6) is 5.75 Å². The second-order valence-electron chi connectivity index (χ2n) is 8.78. The average molecular weight is 494 g/mol. The summed E-state index contributed by atoms with van der Waals surface area (Å²) < 4.78 is 29.4. The predicted octanol–water partition coefficient (Wildman–Crippen LogP) is 0.660. The molecule has 0 spiro atoms. The van der Waals surface area contributed by atoms with Crippen LogP contribution in [-0.4, -0.2) is 77.5 Å². The SMILES string of the molecule is CC(CCn1ccc(-c2ccc(OCCCN3CC(O)C3)cc2)cc1=O)(C(=O)NO)S(C)(=O)=O. The molecule has 1 aromatic heterocycles. The van der Waals surface area contributed by atoms with Crippen LogP contribution >= 0.6 is 0 Å². The van der Waals surface area contributed by atoms with Crippen molar-refractivity contribution in [1.29, 1.82) is 0 Å². The van der Waals surface area contributed by atoms with Crippen molar-refractivity contribution in [2.75, 3.05) is 32.5 Å². The highest BCUT2D eigenvalue weighted by Crippen LogP contribution is 2.23. The fourth-order valence-electron chi connectivity index (χ4n) is 3.74. The molecule has 10 nitrogen and oxygen atoms in total. The number of nitrogens with zero attached hydrogens (tertiary/aromatic N) is 2. The Kier molecular flexibility index (Phi) is 8.13. The molecular formula is C23H31N3O7S. The Hall–Kier alpha value is -2.73. The first-order valence-corrected chi connectivity index (χ1v) is 12.9. The van der Waals surface area contributed by atoms with E-state index in [1.807, 2.05) is 24.3 Å². The zero-order valence-corrected chi connectivity index (χ0v) is 20.1. The van der Waals surface area contributed by atoms with Crippen LogP contribution in [0, 0.1) is 0 Å². The van der Waals surface area contributed by atoms with Gasteiger partial charge in [-0.3, -0.25) is 19.7 Å². The Morgan fingerprint density at radius 2 is 1.85 bits per heavy atom. The van der Waals surface area contributed by atoms with E-state index in [2.05, 4.69) is 4.90 Å². The van der Waals surface area contributed by atoms with Gasteiger partial charge >= 0.3 is 0 Å². The third kappa shape index (κ3) is 6.03. The summed E-state index contributed by atoms with van der Waals surface area (Å²) >= 11 is 0.